The van der Waals surface area contributed by atoms with Crippen LogP contribution in [0.4, 0.5) is 5.95 Å². The van der Waals surface area contributed by atoms with Crippen LogP contribution in [0.25, 0.3) is 0 Å². The second kappa shape index (κ2) is 7.59. The van der Waals surface area contributed by atoms with Gasteiger partial charge in [0.05, 0.1) is 6.61 Å². The van der Waals surface area contributed by atoms with Crippen LogP contribution in [-0.2, 0) is 11.3 Å². The van der Waals surface area contributed by atoms with Gasteiger partial charge in [-0.15, -0.1) is 0 Å². The summed E-state index contributed by atoms with van der Waals surface area (Å²) < 4.78 is 7.27. The van der Waals surface area contributed by atoms with Crippen LogP contribution in [0, 0.1) is 5.92 Å². The van der Waals surface area contributed by atoms with Crippen LogP contribution < -0.4 is 10.5 Å². The minimum absolute atomic E-state index is 0.156. The zero-order chi connectivity index (χ0) is 19.8. The topological polar surface area (TPSA) is 80.6 Å². The lowest BCUT2D eigenvalue weighted by atomic mass is 9.83. The van der Waals surface area contributed by atoms with E-state index in [1.54, 1.807) is 23.4 Å². The smallest absolute Gasteiger partial charge is 0.263 e. The molecule has 0 radical (unpaired) electrons. The zero-order valence-electron chi connectivity index (χ0n) is 16.4. The van der Waals surface area contributed by atoms with Gasteiger partial charge < -0.3 is 19.1 Å². The molecule has 152 valence electrons. The Bertz CT molecular complexity index is 953. The van der Waals surface area contributed by atoms with E-state index in [-0.39, 0.29) is 22.9 Å². The van der Waals surface area contributed by atoms with Gasteiger partial charge in [-0.3, -0.25) is 9.59 Å². The van der Waals surface area contributed by atoms with E-state index < -0.39 is 0 Å². The highest BCUT2D eigenvalue weighted by atomic mass is 16.5. The van der Waals surface area contributed by atoms with E-state index in [2.05, 4.69) is 14.9 Å². The number of anilines is 1. The minimum atomic E-state index is -0.175. The van der Waals surface area contributed by atoms with Gasteiger partial charge in [-0.2, -0.15) is 0 Å². The van der Waals surface area contributed by atoms with Crippen LogP contribution in [0.3, 0.4) is 0 Å². The third-order valence-electron chi connectivity index (χ3n) is 6.18. The van der Waals surface area contributed by atoms with E-state index >= 15 is 0 Å². The fraction of sp³-hybridized carbons (Fsp3) is 0.524. The second-order valence-corrected chi connectivity index (χ2v) is 8.10. The molecule has 2 aromatic rings. The summed E-state index contributed by atoms with van der Waals surface area (Å²) in [4.78, 5) is 38.9. The molecular formula is C21H25N5O3. The highest BCUT2D eigenvalue weighted by Crippen LogP contribution is 2.36. The van der Waals surface area contributed by atoms with Crippen molar-refractivity contribution in [3.05, 3.63) is 52.2 Å². The lowest BCUT2D eigenvalue weighted by Crippen LogP contribution is -2.48. The molecule has 3 aliphatic rings. The molecule has 5 rings (SSSR count). The number of ether oxygens (including phenoxy) is 1. The van der Waals surface area contributed by atoms with E-state index in [0.717, 1.165) is 37.6 Å². The molecular weight excluding hydrogens is 370 g/mol. The Morgan fingerprint density at radius 1 is 1.07 bits per heavy atom. The molecule has 5 heterocycles. The molecule has 0 unspecified atom stereocenters. The normalized spacial score (nSPS) is 24.0. The SMILES string of the molecule is O=C(c1ccc2n(c1=O)C[C@H]1C[C@@H]2CN(c2ncccn2)C1)N1CCCOCC1. The number of rotatable bonds is 2. The maximum atomic E-state index is 13.2. The number of aromatic nitrogens is 3. The predicted octanol–water partition coefficient (Wildman–Crippen LogP) is 1.12. The number of carbonyl (C=O) groups is 1. The maximum Gasteiger partial charge on any atom is 0.263 e. The molecule has 0 N–H and O–H groups in total. The van der Waals surface area contributed by atoms with Crippen LogP contribution in [-0.4, -0.2) is 64.7 Å². The first kappa shape index (κ1) is 18.3. The number of carbonyl (C=O) groups excluding carboxylic acids is 1. The second-order valence-electron chi connectivity index (χ2n) is 8.10. The summed E-state index contributed by atoms with van der Waals surface area (Å²) in [5, 5.41) is 0. The van der Waals surface area contributed by atoms with Gasteiger partial charge in [0.15, 0.2) is 0 Å². The number of nitrogens with zero attached hydrogens (tertiary/aromatic N) is 5. The third kappa shape index (κ3) is 3.42. The quantitative estimate of drug-likeness (QED) is 0.758. The molecule has 0 spiro atoms. The molecule has 3 aliphatic heterocycles. The minimum Gasteiger partial charge on any atom is -0.380 e. The summed E-state index contributed by atoms with van der Waals surface area (Å²) in [5.74, 6) is 1.16. The Kier molecular flexibility index (Phi) is 4.79. The Morgan fingerprint density at radius 3 is 2.79 bits per heavy atom. The van der Waals surface area contributed by atoms with Gasteiger partial charge in [0.2, 0.25) is 5.95 Å². The van der Waals surface area contributed by atoms with Gasteiger partial charge in [0.25, 0.3) is 11.5 Å². The van der Waals surface area contributed by atoms with Crippen LogP contribution in [0.1, 0.15) is 34.8 Å². The standard InChI is InChI=1S/C21H25N5O3/c27-19(24-7-2-9-29-10-8-24)17-3-4-18-16-11-15(13-26(18)20(17)28)12-25(14-16)21-22-5-1-6-23-21/h1,3-6,15-16H,2,7-14H2/t15-,16+/m0/s1. The number of hydrogen-bond acceptors (Lipinski definition) is 6. The van der Waals surface area contributed by atoms with E-state index in [0.29, 0.717) is 38.8 Å². The predicted molar refractivity (Wildman–Crippen MR) is 107 cm³/mol. The van der Waals surface area contributed by atoms with Crippen LogP contribution in [0.15, 0.2) is 35.4 Å². The number of amides is 1. The molecule has 0 aromatic carbocycles. The fourth-order valence-corrected chi connectivity index (χ4v) is 4.85. The van der Waals surface area contributed by atoms with Crippen molar-refractivity contribution in [2.75, 3.05) is 44.3 Å². The maximum absolute atomic E-state index is 13.2. The first-order valence-corrected chi connectivity index (χ1v) is 10.3. The average Bonchev–Trinajstić information content (AvgIpc) is 3.04. The molecule has 2 atom stereocenters. The van der Waals surface area contributed by atoms with Gasteiger partial charge in [-0.25, -0.2) is 9.97 Å². The molecule has 2 saturated heterocycles. The van der Waals surface area contributed by atoms with Crippen molar-refractivity contribution in [3.8, 4) is 0 Å². The molecule has 8 heteroatoms. The Labute approximate surface area is 169 Å². The molecule has 8 nitrogen and oxygen atoms in total. The van der Waals surface area contributed by atoms with Gasteiger partial charge in [-0.1, -0.05) is 0 Å². The summed E-state index contributed by atoms with van der Waals surface area (Å²) in [6, 6.07) is 5.51. The van der Waals surface area contributed by atoms with Crippen molar-refractivity contribution >= 4 is 11.9 Å². The van der Waals surface area contributed by atoms with Gasteiger partial charge in [0, 0.05) is 63.3 Å². The highest BCUT2D eigenvalue weighted by molar-refractivity contribution is 5.94. The van der Waals surface area contributed by atoms with Crippen molar-refractivity contribution in [2.45, 2.75) is 25.3 Å². The van der Waals surface area contributed by atoms with Gasteiger partial charge in [0.1, 0.15) is 5.56 Å². The molecule has 2 fully saturated rings. The van der Waals surface area contributed by atoms with E-state index in [9.17, 15) is 9.59 Å². The van der Waals surface area contributed by atoms with Crippen molar-refractivity contribution < 1.29 is 9.53 Å². The molecule has 0 saturated carbocycles. The number of hydrogen-bond donors (Lipinski definition) is 0. The Morgan fingerprint density at radius 2 is 1.93 bits per heavy atom. The van der Waals surface area contributed by atoms with E-state index in [4.69, 9.17) is 4.74 Å². The average molecular weight is 395 g/mol. The van der Waals surface area contributed by atoms with Crippen molar-refractivity contribution in [1.29, 1.82) is 0 Å². The summed E-state index contributed by atoms with van der Waals surface area (Å²) in [7, 11) is 0. The first-order chi connectivity index (χ1) is 14.2. The molecule has 1 amide bonds. The van der Waals surface area contributed by atoms with E-state index in [1.165, 1.54) is 0 Å². The van der Waals surface area contributed by atoms with Gasteiger partial charge >= 0.3 is 0 Å². The number of fused-ring (bicyclic) bond motifs is 4. The summed E-state index contributed by atoms with van der Waals surface area (Å²) in [6.45, 7) is 4.62. The summed E-state index contributed by atoms with van der Waals surface area (Å²) >= 11 is 0. The Balaban J connectivity index is 1.42. The zero-order valence-corrected chi connectivity index (χ0v) is 16.4. The van der Waals surface area contributed by atoms with Gasteiger partial charge in [-0.05, 0) is 37.0 Å². The van der Waals surface area contributed by atoms with Crippen molar-refractivity contribution in [2.24, 2.45) is 5.92 Å². The van der Waals surface area contributed by atoms with E-state index in [1.807, 2.05) is 16.7 Å². The van der Waals surface area contributed by atoms with Crippen LogP contribution in [0.2, 0.25) is 0 Å². The lowest BCUT2D eigenvalue weighted by Gasteiger charge is -2.42. The monoisotopic (exact) mass is 395 g/mol. The third-order valence-corrected chi connectivity index (χ3v) is 6.18. The Hall–Kier alpha value is -2.74. The van der Waals surface area contributed by atoms with Crippen LogP contribution in [0.5, 0.6) is 0 Å². The van der Waals surface area contributed by atoms with Crippen molar-refractivity contribution in [3.63, 3.8) is 0 Å². The fourth-order valence-electron chi connectivity index (χ4n) is 4.85. The molecule has 0 aliphatic carbocycles. The lowest BCUT2D eigenvalue weighted by molar-refractivity contribution is 0.0738. The molecule has 29 heavy (non-hydrogen) atoms. The number of pyridine rings is 1. The summed E-state index contributed by atoms with van der Waals surface area (Å²) in [5.41, 5.74) is 1.14. The van der Waals surface area contributed by atoms with Crippen molar-refractivity contribution in [1.82, 2.24) is 19.4 Å². The molecule has 2 aromatic heterocycles. The molecule has 2 bridgehead atoms. The highest BCUT2D eigenvalue weighted by Gasteiger charge is 2.36. The summed E-state index contributed by atoms with van der Waals surface area (Å²) in [6.07, 6.45) is 5.38. The number of piperidine rings is 1. The van der Waals surface area contributed by atoms with Crippen LogP contribution >= 0.6 is 0 Å². The first-order valence-electron chi connectivity index (χ1n) is 10.3. The largest absolute Gasteiger partial charge is 0.380 e.